The van der Waals surface area contributed by atoms with Crippen molar-refractivity contribution in [1.82, 2.24) is 9.21 Å². The number of carbonyl (C=O) groups is 1. The molecule has 0 atom stereocenters. The van der Waals surface area contributed by atoms with Gasteiger partial charge >= 0.3 is 0 Å². The molecule has 0 N–H and O–H groups in total. The van der Waals surface area contributed by atoms with Crippen LogP contribution in [-0.2, 0) is 20.6 Å². The number of carbonyl (C=O) groups excluding carboxylic acids is 1. The Balaban J connectivity index is 1.29. The van der Waals surface area contributed by atoms with E-state index in [1.165, 1.54) is 4.31 Å². The third-order valence-corrected chi connectivity index (χ3v) is 8.69. The highest BCUT2D eigenvalue weighted by atomic mass is 35.5. The van der Waals surface area contributed by atoms with Crippen molar-refractivity contribution >= 4 is 44.8 Å². The van der Waals surface area contributed by atoms with E-state index in [0.717, 1.165) is 18.8 Å². The molecule has 9 heteroatoms. The average Bonchev–Trinajstić information content (AvgIpc) is 2.80. The third kappa shape index (κ3) is 5.39. The van der Waals surface area contributed by atoms with E-state index in [4.69, 9.17) is 23.2 Å². The normalized spacial score (nSPS) is 18.7. The summed E-state index contributed by atoms with van der Waals surface area (Å²) in [5, 5.41) is 1.16. The number of sulfonamides is 1. The molecule has 4 rings (SSSR count). The summed E-state index contributed by atoms with van der Waals surface area (Å²) in [4.78, 5) is 17.2. The molecule has 2 heterocycles. The van der Waals surface area contributed by atoms with Crippen LogP contribution in [0.3, 0.4) is 0 Å². The van der Waals surface area contributed by atoms with Crippen molar-refractivity contribution in [2.75, 3.05) is 44.2 Å². The predicted molar refractivity (Wildman–Crippen MR) is 129 cm³/mol. The Morgan fingerprint density at radius 3 is 2.25 bits per heavy atom. The van der Waals surface area contributed by atoms with Crippen molar-refractivity contribution in [2.24, 2.45) is 5.92 Å². The van der Waals surface area contributed by atoms with Gasteiger partial charge in [-0.2, -0.15) is 0 Å². The van der Waals surface area contributed by atoms with Gasteiger partial charge in [-0.15, -0.1) is 0 Å². The molecule has 0 aliphatic carbocycles. The lowest BCUT2D eigenvalue weighted by Gasteiger charge is -2.39. The van der Waals surface area contributed by atoms with Gasteiger partial charge in [0.1, 0.15) is 0 Å². The molecule has 1 amide bonds. The number of amides is 1. The molecule has 2 fully saturated rings. The molecular weight excluding hydrogens is 469 g/mol. The number of hydrogen-bond donors (Lipinski definition) is 0. The predicted octanol–water partition coefficient (Wildman–Crippen LogP) is 3.88. The first kappa shape index (κ1) is 23.4. The first-order valence-electron chi connectivity index (χ1n) is 10.8. The summed E-state index contributed by atoms with van der Waals surface area (Å²) in [5.74, 6) is -0.102. The van der Waals surface area contributed by atoms with Crippen LogP contribution in [0.2, 0.25) is 10.0 Å². The Bertz CT molecular complexity index is 1060. The zero-order chi connectivity index (χ0) is 22.7. The van der Waals surface area contributed by atoms with E-state index in [1.54, 1.807) is 24.3 Å². The van der Waals surface area contributed by atoms with E-state index in [9.17, 15) is 13.2 Å². The maximum Gasteiger partial charge on any atom is 0.225 e. The van der Waals surface area contributed by atoms with Gasteiger partial charge in [-0.05, 0) is 42.7 Å². The van der Waals surface area contributed by atoms with Crippen LogP contribution in [0.1, 0.15) is 18.4 Å². The maximum atomic E-state index is 13.0. The van der Waals surface area contributed by atoms with Crippen LogP contribution in [0.4, 0.5) is 5.69 Å². The molecule has 0 radical (unpaired) electrons. The van der Waals surface area contributed by atoms with Crippen LogP contribution in [0, 0.1) is 5.92 Å². The second kappa shape index (κ2) is 10.00. The number of anilines is 1. The van der Waals surface area contributed by atoms with Gasteiger partial charge in [-0.25, -0.2) is 12.7 Å². The molecule has 0 saturated carbocycles. The number of benzene rings is 2. The minimum atomic E-state index is -3.47. The average molecular weight is 496 g/mol. The summed E-state index contributed by atoms with van der Waals surface area (Å²) in [6.07, 6.45) is 1.10. The van der Waals surface area contributed by atoms with Crippen LogP contribution in [0.25, 0.3) is 0 Å². The Labute approximate surface area is 199 Å². The van der Waals surface area contributed by atoms with Crippen molar-refractivity contribution in [2.45, 2.75) is 18.6 Å². The van der Waals surface area contributed by atoms with Crippen molar-refractivity contribution in [3.8, 4) is 0 Å². The largest absolute Gasteiger partial charge is 0.368 e. The molecular formula is C23H27Cl2N3O3S. The van der Waals surface area contributed by atoms with E-state index in [0.29, 0.717) is 54.6 Å². The van der Waals surface area contributed by atoms with E-state index in [-0.39, 0.29) is 17.6 Å². The van der Waals surface area contributed by atoms with Crippen LogP contribution in [0.5, 0.6) is 0 Å². The van der Waals surface area contributed by atoms with Gasteiger partial charge < -0.3 is 9.80 Å². The lowest BCUT2D eigenvalue weighted by Crippen LogP contribution is -2.52. The Morgan fingerprint density at radius 2 is 1.59 bits per heavy atom. The fourth-order valence-electron chi connectivity index (χ4n) is 4.40. The Hall–Kier alpha value is -1.80. The molecule has 0 spiro atoms. The molecule has 2 saturated heterocycles. The fraction of sp³-hybridized carbons (Fsp3) is 0.435. The van der Waals surface area contributed by atoms with Gasteiger partial charge in [-0.1, -0.05) is 47.5 Å². The molecule has 2 aromatic carbocycles. The molecule has 172 valence electrons. The molecule has 2 aliphatic rings. The molecule has 6 nitrogen and oxygen atoms in total. The summed E-state index contributed by atoms with van der Waals surface area (Å²) in [6.45, 7) is 3.58. The summed E-state index contributed by atoms with van der Waals surface area (Å²) in [5.41, 5.74) is 1.67. The van der Waals surface area contributed by atoms with Gasteiger partial charge in [0.15, 0.2) is 0 Å². The number of piperidine rings is 1. The second-order valence-electron chi connectivity index (χ2n) is 8.31. The number of hydrogen-bond acceptors (Lipinski definition) is 4. The quantitative estimate of drug-likeness (QED) is 0.631. The van der Waals surface area contributed by atoms with Crippen LogP contribution < -0.4 is 4.90 Å². The smallest absolute Gasteiger partial charge is 0.225 e. The highest BCUT2D eigenvalue weighted by Crippen LogP contribution is 2.26. The first-order valence-corrected chi connectivity index (χ1v) is 13.2. The van der Waals surface area contributed by atoms with Gasteiger partial charge in [-0.3, -0.25) is 4.79 Å². The third-order valence-electron chi connectivity index (χ3n) is 6.26. The van der Waals surface area contributed by atoms with Gasteiger partial charge in [0.25, 0.3) is 0 Å². The van der Waals surface area contributed by atoms with Crippen molar-refractivity contribution in [1.29, 1.82) is 0 Å². The highest BCUT2D eigenvalue weighted by molar-refractivity contribution is 7.88. The minimum absolute atomic E-state index is 0.114. The molecule has 0 aromatic heterocycles. The minimum Gasteiger partial charge on any atom is -0.368 e. The van der Waals surface area contributed by atoms with E-state index in [1.807, 2.05) is 29.2 Å². The molecule has 2 aromatic rings. The van der Waals surface area contributed by atoms with Gasteiger partial charge in [0.2, 0.25) is 15.9 Å². The zero-order valence-electron chi connectivity index (χ0n) is 17.8. The standard InChI is InChI=1S/C23H27Cl2N3O3S/c24-20-5-3-6-21(16-20)26-12-14-27(15-13-26)23(29)18-8-10-28(11-9-18)32(30,31)17-19-4-1-2-7-22(19)25/h1-7,16,18H,8-15,17H2. The summed E-state index contributed by atoms with van der Waals surface area (Å²) >= 11 is 12.2. The van der Waals surface area contributed by atoms with Gasteiger partial charge in [0.05, 0.1) is 5.75 Å². The lowest BCUT2D eigenvalue weighted by molar-refractivity contribution is -0.137. The van der Waals surface area contributed by atoms with E-state index in [2.05, 4.69) is 4.90 Å². The molecule has 32 heavy (non-hydrogen) atoms. The van der Waals surface area contributed by atoms with Gasteiger partial charge in [0, 0.05) is 60.9 Å². The van der Waals surface area contributed by atoms with Crippen molar-refractivity contribution < 1.29 is 13.2 Å². The lowest BCUT2D eigenvalue weighted by atomic mass is 9.96. The monoisotopic (exact) mass is 495 g/mol. The topological polar surface area (TPSA) is 60.9 Å². The van der Waals surface area contributed by atoms with Crippen LogP contribution >= 0.6 is 23.2 Å². The Morgan fingerprint density at radius 1 is 0.906 bits per heavy atom. The van der Waals surface area contributed by atoms with Crippen molar-refractivity contribution in [3.63, 3.8) is 0 Å². The molecule has 0 bridgehead atoms. The van der Waals surface area contributed by atoms with E-state index >= 15 is 0 Å². The summed E-state index contributed by atoms with van der Waals surface area (Å²) in [7, 11) is -3.47. The Kier molecular flexibility index (Phi) is 7.30. The van der Waals surface area contributed by atoms with Crippen LogP contribution in [0.15, 0.2) is 48.5 Å². The fourth-order valence-corrected chi connectivity index (χ4v) is 6.46. The summed E-state index contributed by atoms with van der Waals surface area (Å²) in [6, 6.07) is 14.8. The molecule has 2 aliphatic heterocycles. The number of nitrogens with zero attached hydrogens (tertiary/aromatic N) is 3. The molecule has 0 unspecified atom stereocenters. The van der Waals surface area contributed by atoms with Crippen molar-refractivity contribution in [3.05, 3.63) is 64.1 Å². The maximum absolute atomic E-state index is 13.0. The van der Waals surface area contributed by atoms with E-state index < -0.39 is 10.0 Å². The SMILES string of the molecule is O=C(C1CCN(S(=O)(=O)Cc2ccccc2Cl)CC1)N1CCN(c2cccc(Cl)c2)CC1. The number of halogens is 2. The number of rotatable bonds is 5. The highest BCUT2D eigenvalue weighted by Gasteiger charge is 2.34. The van der Waals surface area contributed by atoms with Crippen LogP contribution in [-0.4, -0.2) is 62.8 Å². The second-order valence-corrected chi connectivity index (χ2v) is 11.1. The summed E-state index contributed by atoms with van der Waals surface area (Å²) < 4.78 is 27.2. The zero-order valence-corrected chi connectivity index (χ0v) is 20.1. The first-order chi connectivity index (χ1) is 15.3. The number of piperazine rings is 1.